The number of nitrogens with two attached hydrogens (primary N) is 1. The normalized spacial score (nSPS) is 12.8. The Bertz CT molecular complexity index is 257. The fourth-order valence-corrected chi connectivity index (χ4v) is 0.981. The molecule has 0 aromatic carbocycles. The van der Waals surface area contributed by atoms with E-state index in [-0.39, 0.29) is 26.9 Å². The molecule has 2 N–H and O–H groups in total. The van der Waals surface area contributed by atoms with E-state index >= 15 is 0 Å². The largest absolute Gasteiger partial charge is 1.00 e. The number of ether oxygens (including phenoxy) is 1. The molecule has 0 amide bonds. The second kappa shape index (κ2) is 6.40. The van der Waals surface area contributed by atoms with Crippen LogP contribution in [-0.2, 0) is 24.0 Å². The number of carbonyl (C=O) groups excluding carboxylic acids is 1. The molecule has 13 heavy (non-hydrogen) atoms. The summed E-state index contributed by atoms with van der Waals surface area (Å²) in [5.41, 5.74) is 0. The van der Waals surface area contributed by atoms with E-state index in [9.17, 15) is 13.2 Å². The summed E-state index contributed by atoms with van der Waals surface area (Å²) in [6.45, 7) is 3.00. The third kappa shape index (κ3) is 8.27. The standard InChI is InChI=1S/C5H11NO5S.Li.H/c1-3-10-5(7)4(2)11-12(6,8)9;;/h4H,3H2,1-2H3,(H2,6,8,9);;/q;+1;-1. The van der Waals surface area contributed by atoms with Gasteiger partial charge in [0.25, 0.3) is 0 Å². The minimum absolute atomic E-state index is 0. The fraction of sp³-hybridized carbons (Fsp3) is 0.800. The van der Waals surface area contributed by atoms with Gasteiger partial charge in [-0.1, -0.05) is 0 Å². The molecule has 0 heterocycles. The van der Waals surface area contributed by atoms with Crippen LogP contribution in [0.15, 0.2) is 0 Å². The molecule has 0 fully saturated rings. The van der Waals surface area contributed by atoms with Gasteiger partial charge in [-0.15, -0.1) is 0 Å². The second-order valence-corrected chi connectivity index (χ2v) is 3.16. The van der Waals surface area contributed by atoms with Crippen LogP contribution < -0.4 is 24.0 Å². The predicted molar refractivity (Wildman–Crippen MR) is 41.4 cm³/mol. The molecule has 0 spiro atoms. The maximum atomic E-state index is 10.8. The quantitative estimate of drug-likeness (QED) is 0.376. The maximum Gasteiger partial charge on any atom is 1.00 e. The molecular weight excluding hydrogens is 193 g/mol. The second-order valence-electron chi connectivity index (χ2n) is 1.98. The van der Waals surface area contributed by atoms with Gasteiger partial charge in [-0.3, -0.25) is 0 Å². The number of carbonyl (C=O) groups is 1. The van der Waals surface area contributed by atoms with E-state index in [1.807, 2.05) is 0 Å². The van der Waals surface area contributed by atoms with Crippen molar-refractivity contribution in [2.24, 2.45) is 5.14 Å². The molecule has 8 heteroatoms. The number of esters is 1. The van der Waals surface area contributed by atoms with Crippen LogP contribution in [0.25, 0.3) is 0 Å². The van der Waals surface area contributed by atoms with Gasteiger partial charge in [-0.2, -0.15) is 8.42 Å². The molecule has 0 aromatic heterocycles. The van der Waals surface area contributed by atoms with Gasteiger partial charge in [0.05, 0.1) is 6.61 Å². The van der Waals surface area contributed by atoms with Crippen molar-refractivity contribution in [1.82, 2.24) is 0 Å². The zero-order valence-electron chi connectivity index (χ0n) is 8.81. The maximum absolute atomic E-state index is 10.8. The summed E-state index contributed by atoms with van der Waals surface area (Å²) in [5, 5.41) is 4.51. The first kappa shape index (κ1) is 15.4. The average Bonchev–Trinajstić information content (AvgIpc) is 1.84. The van der Waals surface area contributed by atoms with Gasteiger partial charge in [0.2, 0.25) is 0 Å². The topological polar surface area (TPSA) is 95.7 Å². The molecule has 0 aliphatic heterocycles. The Kier molecular flexibility index (Phi) is 7.59. The van der Waals surface area contributed by atoms with E-state index in [1.54, 1.807) is 6.92 Å². The van der Waals surface area contributed by atoms with Crippen molar-refractivity contribution in [3.63, 3.8) is 0 Å². The zero-order valence-corrected chi connectivity index (χ0v) is 8.63. The number of hydrogen-bond donors (Lipinski definition) is 1. The summed E-state index contributed by atoms with van der Waals surface area (Å²) in [5.74, 6) is -0.758. The molecule has 0 aromatic rings. The molecule has 1 unspecified atom stereocenters. The van der Waals surface area contributed by atoms with Gasteiger partial charge in [0, 0.05) is 0 Å². The molecular formula is C5H12LiNO5S. The Morgan fingerprint density at radius 1 is 1.62 bits per heavy atom. The Balaban J connectivity index is -0.000000605. The monoisotopic (exact) mass is 205 g/mol. The minimum Gasteiger partial charge on any atom is -1.00 e. The minimum atomic E-state index is -4.09. The first-order chi connectivity index (χ1) is 5.37. The molecule has 0 rings (SSSR count). The SMILES string of the molecule is CCOC(=O)C(C)OS(N)(=O)=O.[H-].[Li+]. The van der Waals surface area contributed by atoms with Crippen LogP contribution in [0.1, 0.15) is 15.3 Å². The Labute approximate surface area is 90.7 Å². The summed E-state index contributed by atoms with van der Waals surface area (Å²) >= 11 is 0. The van der Waals surface area contributed by atoms with Crippen molar-refractivity contribution in [3.05, 3.63) is 0 Å². The predicted octanol–water partition coefficient (Wildman–Crippen LogP) is -3.73. The number of hydrogen-bond acceptors (Lipinski definition) is 5. The molecule has 6 nitrogen and oxygen atoms in total. The van der Waals surface area contributed by atoms with E-state index in [2.05, 4.69) is 14.1 Å². The van der Waals surface area contributed by atoms with Gasteiger partial charge in [-0.25, -0.2) is 14.1 Å². The van der Waals surface area contributed by atoms with E-state index in [0.717, 1.165) is 0 Å². The summed E-state index contributed by atoms with van der Waals surface area (Å²) in [6.07, 6.45) is -1.19. The van der Waals surface area contributed by atoms with Crippen LogP contribution in [0.5, 0.6) is 0 Å². The Hall–Kier alpha value is -0.0626. The summed E-state index contributed by atoms with van der Waals surface area (Å²) in [7, 11) is -4.09. The van der Waals surface area contributed by atoms with Gasteiger partial charge in [-0.05, 0) is 13.8 Å². The van der Waals surface area contributed by atoms with Gasteiger partial charge < -0.3 is 6.16 Å². The molecule has 0 saturated heterocycles. The van der Waals surface area contributed by atoms with Crippen LogP contribution in [0, 0.1) is 0 Å². The van der Waals surface area contributed by atoms with Crippen molar-refractivity contribution in [3.8, 4) is 0 Å². The average molecular weight is 205 g/mol. The molecule has 0 aliphatic carbocycles. The van der Waals surface area contributed by atoms with Crippen LogP contribution in [0.4, 0.5) is 0 Å². The zero-order chi connectivity index (χ0) is 9.78. The van der Waals surface area contributed by atoms with Crippen LogP contribution >= 0.6 is 0 Å². The van der Waals surface area contributed by atoms with Gasteiger partial charge in [0.15, 0.2) is 6.10 Å². The van der Waals surface area contributed by atoms with E-state index < -0.39 is 22.4 Å². The molecule has 0 bridgehead atoms. The van der Waals surface area contributed by atoms with Crippen molar-refractivity contribution in [1.29, 1.82) is 0 Å². The van der Waals surface area contributed by atoms with E-state index in [1.165, 1.54) is 6.92 Å². The van der Waals surface area contributed by atoms with Crippen molar-refractivity contribution < 1.29 is 42.4 Å². The summed E-state index contributed by atoms with van der Waals surface area (Å²) in [6, 6.07) is 0. The molecule has 0 radical (unpaired) electrons. The van der Waals surface area contributed by atoms with Crippen molar-refractivity contribution in [2.75, 3.05) is 6.61 Å². The third-order valence-electron chi connectivity index (χ3n) is 0.897. The van der Waals surface area contributed by atoms with E-state index in [0.29, 0.717) is 0 Å². The smallest absolute Gasteiger partial charge is 1.00 e. The summed E-state index contributed by atoms with van der Waals surface area (Å²) in [4.78, 5) is 10.8. The molecule has 0 saturated carbocycles. The van der Waals surface area contributed by atoms with Crippen LogP contribution in [-0.4, -0.2) is 27.1 Å². The molecule has 1 atom stereocenters. The van der Waals surface area contributed by atoms with Crippen LogP contribution in [0.3, 0.4) is 0 Å². The van der Waals surface area contributed by atoms with Gasteiger partial charge in [0.1, 0.15) is 0 Å². The third-order valence-corrected chi connectivity index (χ3v) is 1.45. The molecule has 74 valence electrons. The fourth-order valence-electron chi connectivity index (χ4n) is 0.500. The first-order valence-corrected chi connectivity index (χ1v) is 4.71. The molecule has 0 aliphatic rings. The van der Waals surface area contributed by atoms with E-state index in [4.69, 9.17) is 0 Å². The first-order valence-electron chi connectivity index (χ1n) is 3.24. The Morgan fingerprint density at radius 3 is 2.38 bits per heavy atom. The van der Waals surface area contributed by atoms with Crippen molar-refractivity contribution >= 4 is 16.3 Å². The Morgan fingerprint density at radius 2 is 2.08 bits per heavy atom. The number of rotatable bonds is 4. The summed E-state index contributed by atoms with van der Waals surface area (Å²) < 4.78 is 29.2. The van der Waals surface area contributed by atoms with Crippen molar-refractivity contribution in [2.45, 2.75) is 20.0 Å². The van der Waals surface area contributed by atoms with Crippen LogP contribution in [0.2, 0.25) is 0 Å². The van der Waals surface area contributed by atoms with Gasteiger partial charge >= 0.3 is 35.1 Å².